The second kappa shape index (κ2) is 7.34. The summed E-state index contributed by atoms with van der Waals surface area (Å²) in [6.07, 6.45) is 0.987. The number of amides is 1. The van der Waals surface area contributed by atoms with Crippen LogP contribution in [0.1, 0.15) is 25.8 Å². The molecule has 2 bridgehead atoms. The number of para-hydroxylation sites is 1. The Balaban J connectivity index is 1.20. The first-order chi connectivity index (χ1) is 14.4. The molecular formula is C23H25N3O3S. The van der Waals surface area contributed by atoms with Gasteiger partial charge in [-0.25, -0.2) is 4.98 Å². The van der Waals surface area contributed by atoms with Gasteiger partial charge in [-0.15, -0.1) is 0 Å². The summed E-state index contributed by atoms with van der Waals surface area (Å²) in [5.74, 6) is 0.619. The molecule has 2 saturated heterocycles. The van der Waals surface area contributed by atoms with Gasteiger partial charge >= 0.3 is 0 Å². The number of piperazine rings is 1. The van der Waals surface area contributed by atoms with E-state index in [0.717, 1.165) is 35.5 Å². The number of ether oxygens (including phenoxy) is 1. The average Bonchev–Trinajstić information content (AvgIpc) is 3.41. The number of hydrogen-bond acceptors (Lipinski definition) is 6. The number of carbonyl (C=O) groups is 1. The third-order valence-electron chi connectivity index (χ3n) is 5.93. The van der Waals surface area contributed by atoms with E-state index < -0.39 is 5.60 Å². The van der Waals surface area contributed by atoms with Crippen molar-refractivity contribution in [1.82, 2.24) is 14.8 Å². The highest BCUT2D eigenvalue weighted by atomic mass is 32.1. The summed E-state index contributed by atoms with van der Waals surface area (Å²) in [6, 6.07) is 16.7. The van der Waals surface area contributed by atoms with E-state index in [2.05, 4.69) is 22.0 Å². The van der Waals surface area contributed by atoms with E-state index in [0.29, 0.717) is 17.8 Å². The van der Waals surface area contributed by atoms with Gasteiger partial charge in [0, 0.05) is 31.7 Å². The molecule has 0 radical (unpaired) electrons. The molecule has 3 aromatic rings. The van der Waals surface area contributed by atoms with E-state index in [4.69, 9.17) is 4.74 Å². The summed E-state index contributed by atoms with van der Waals surface area (Å²) in [7, 11) is 0. The van der Waals surface area contributed by atoms with E-state index in [-0.39, 0.29) is 11.9 Å². The van der Waals surface area contributed by atoms with Crippen molar-refractivity contribution < 1.29 is 14.6 Å². The lowest BCUT2D eigenvalue weighted by Gasteiger charge is -2.36. The lowest BCUT2D eigenvalue weighted by atomic mass is 10.1. The van der Waals surface area contributed by atoms with Crippen molar-refractivity contribution in [3.05, 3.63) is 54.1 Å². The average molecular weight is 424 g/mol. The van der Waals surface area contributed by atoms with Crippen LogP contribution in [0.4, 0.5) is 0 Å². The highest BCUT2D eigenvalue weighted by Crippen LogP contribution is 2.34. The summed E-state index contributed by atoms with van der Waals surface area (Å²) in [5.41, 5.74) is 0.879. The van der Waals surface area contributed by atoms with Gasteiger partial charge in [0.05, 0.1) is 10.2 Å². The summed E-state index contributed by atoms with van der Waals surface area (Å²) < 4.78 is 7.05. The van der Waals surface area contributed by atoms with Crippen LogP contribution in [0.3, 0.4) is 0 Å². The molecule has 5 rings (SSSR count). The van der Waals surface area contributed by atoms with Crippen molar-refractivity contribution >= 4 is 27.5 Å². The van der Waals surface area contributed by atoms with Gasteiger partial charge in [0.1, 0.15) is 11.4 Å². The molecule has 2 aromatic carbocycles. The molecule has 1 N–H and O–H groups in total. The van der Waals surface area contributed by atoms with Crippen LogP contribution in [-0.4, -0.2) is 56.6 Å². The van der Waals surface area contributed by atoms with Crippen LogP contribution in [0.15, 0.2) is 48.5 Å². The lowest BCUT2D eigenvalue weighted by molar-refractivity contribution is -0.150. The van der Waals surface area contributed by atoms with Crippen molar-refractivity contribution in [1.29, 1.82) is 0 Å². The molecule has 2 atom stereocenters. The fourth-order valence-electron chi connectivity index (χ4n) is 4.44. The number of fused-ring (bicyclic) bond motifs is 3. The first-order valence-electron chi connectivity index (χ1n) is 10.3. The Morgan fingerprint density at radius 1 is 1.17 bits per heavy atom. The predicted molar refractivity (Wildman–Crippen MR) is 117 cm³/mol. The molecule has 2 aliphatic rings. The Bertz CT molecular complexity index is 1040. The molecule has 1 aromatic heterocycles. The third kappa shape index (κ3) is 3.69. The molecule has 0 spiro atoms. The van der Waals surface area contributed by atoms with Crippen molar-refractivity contribution in [2.24, 2.45) is 0 Å². The summed E-state index contributed by atoms with van der Waals surface area (Å²) in [6.45, 7) is 5.55. The summed E-state index contributed by atoms with van der Waals surface area (Å²) in [5, 5.41) is 10.7. The number of aliphatic hydroxyl groups is 1. The Morgan fingerprint density at radius 3 is 2.60 bits per heavy atom. The van der Waals surface area contributed by atoms with Crippen LogP contribution >= 0.6 is 11.3 Å². The largest absolute Gasteiger partial charge is 0.431 e. The normalized spacial score (nSPS) is 21.5. The van der Waals surface area contributed by atoms with Gasteiger partial charge in [-0.05, 0) is 50.1 Å². The van der Waals surface area contributed by atoms with Gasteiger partial charge in [-0.3, -0.25) is 9.69 Å². The van der Waals surface area contributed by atoms with Gasteiger partial charge in [0.25, 0.3) is 11.1 Å². The minimum Gasteiger partial charge on any atom is -0.431 e. The van der Waals surface area contributed by atoms with Crippen molar-refractivity contribution in [3.8, 4) is 10.9 Å². The molecule has 1 amide bonds. The van der Waals surface area contributed by atoms with E-state index in [1.165, 1.54) is 5.56 Å². The number of thiazole rings is 1. The van der Waals surface area contributed by atoms with Gasteiger partial charge in [0.2, 0.25) is 0 Å². The maximum absolute atomic E-state index is 12.4. The van der Waals surface area contributed by atoms with E-state index in [9.17, 15) is 9.90 Å². The maximum atomic E-state index is 12.4. The minimum absolute atomic E-state index is 0.161. The van der Waals surface area contributed by atoms with Crippen LogP contribution in [0.2, 0.25) is 0 Å². The first-order valence-corrected chi connectivity index (χ1v) is 11.1. The quantitative estimate of drug-likeness (QED) is 0.679. The Kier molecular flexibility index (Phi) is 4.76. The summed E-state index contributed by atoms with van der Waals surface area (Å²) in [4.78, 5) is 21.2. The number of nitrogens with zero attached hydrogens (tertiary/aromatic N) is 3. The lowest BCUT2D eigenvalue weighted by Crippen LogP contribution is -2.53. The van der Waals surface area contributed by atoms with Crippen molar-refractivity contribution in [3.63, 3.8) is 0 Å². The fourth-order valence-corrected chi connectivity index (χ4v) is 5.27. The Labute approximate surface area is 179 Å². The molecule has 2 fully saturated rings. The molecule has 0 unspecified atom stereocenters. The zero-order chi connectivity index (χ0) is 20.9. The van der Waals surface area contributed by atoms with Crippen LogP contribution in [0.5, 0.6) is 10.9 Å². The number of rotatable bonds is 5. The van der Waals surface area contributed by atoms with Crippen LogP contribution in [-0.2, 0) is 11.3 Å². The van der Waals surface area contributed by atoms with E-state index in [1.807, 2.05) is 41.3 Å². The maximum Gasteiger partial charge on any atom is 0.279 e. The topological polar surface area (TPSA) is 65.9 Å². The minimum atomic E-state index is -1.30. The van der Waals surface area contributed by atoms with Crippen LogP contribution in [0.25, 0.3) is 10.2 Å². The van der Waals surface area contributed by atoms with Gasteiger partial charge in [-0.1, -0.05) is 35.6 Å². The zero-order valence-electron chi connectivity index (χ0n) is 17.1. The number of benzene rings is 2. The smallest absolute Gasteiger partial charge is 0.279 e. The predicted octanol–water partition coefficient (Wildman–Crippen LogP) is 3.64. The second-order valence-corrected chi connectivity index (χ2v) is 9.68. The van der Waals surface area contributed by atoms with Crippen molar-refractivity contribution in [2.45, 2.75) is 44.5 Å². The number of likely N-dealkylation sites (tertiary alicyclic amines) is 2. The Hall–Kier alpha value is -2.48. The number of aromatic nitrogens is 1. The molecule has 30 heavy (non-hydrogen) atoms. The standard InChI is InChI=1S/C23H25N3O3S/c1-23(2,28)21(27)26-14-16-11-17(26)13-25(16)12-15-7-9-18(10-8-15)29-22-24-19-5-3-4-6-20(19)30-22/h3-10,16-17,28H,11-14H2,1-2H3/t16-,17-/m1/s1. The molecule has 156 valence electrons. The molecule has 3 heterocycles. The third-order valence-corrected chi connectivity index (χ3v) is 6.84. The second-order valence-electron chi connectivity index (χ2n) is 8.68. The molecule has 0 aliphatic carbocycles. The van der Waals surface area contributed by atoms with Gasteiger partial charge < -0.3 is 14.7 Å². The van der Waals surface area contributed by atoms with E-state index in [1.54, 1.807) is 25.2 Å². The SMILES string of the molecule is CC(C)(O)C(=O)N1C[C@H]2C[C@@H]1CN2Cc1ccc(Oc2nc3ccccc3s2)cc1. The van der Waals surface area contributed by atoms with E-state index >= 15 is 0 Å². The molecule has 0 saturated carbocycles. The number of carbonyl (C=O) groups excluding carboxylic acids is 1. The zero-order valence-corrected chi connectivity index (χ0v) is 17.9. The molecule has 6 nitrogen and oxygen atoms in total. The molecule has 2 aliphatic heterocycles. The first kappa shape index (κ1) is 19.5. The van der Waals surface area contributed by atoms with Crippen LogP contribution < -0.4 is 4.74 Å². The summed E-state index contributed by atoms with van der Waals surface area (Å²) >= 11 is 1.54. The highest BCUT2D eigenvalue weighted by Gasteiger charge is 2.47. The highest BCUT2D eigenvalue weighted by molar-refractivity contribution is 7.20. The van der Waals surface area contributed by atoms with Gasteiger partial charge in [0.15, 0.2) is 0 Å². The monoisotopic (exact) mass is 423 g/mol. The number of hydrogen-bond donors (Lipinski definition) is 1. The Morgan fingerprint density at radius 2 is 1.93 bits per heavy atom. The van der Waals surface area contributed by atoms with Crippen LogP contribution in [0, 0.1) is 0 Å². The van der Waals surface area contributed by atoms with Crippen molar-refractivity contribution in [2.75, 3.05) is 13.1 Å². The molecule has 7 heteroatoms. The molecular weight excluding hydrogens is 398 g/mol. The fraction of sp³-hybridized carbons (Fsp3) is 0.391. The van der Waals surface area contributed by atoms with Gasteiger partial charge in [-0.2, -0.15) is 0 Å².